The Bertz CT molecular complexity index is 626. The lowest BCUT2D eigenvalue weighted by Gasteiger charge is -2.48. The van der Waals surface area contributed by atoms with Crippen molar-refractivity contribution in [3.05, 3.63) is 85.7 Å². The highest BCUT2D eigenvalue weighted by molar-refractivity contribution is 5.24. The van der Waals surface area contributed by atoms with Crippen molar-refractivity contribution in [2.45, 2.75) is 25.8 Å². The van der Waals surface area contributed by atoms with Crippen molar-refractivity contribution in [3.63, 3.8) is 0 Å². The average molecular weight is 367 g/mol. The molecule has 3 heteroatoms. The number of hydrogen-bond acceptors (Lipinski definition) is 3. The minimum Gasteiger partial charge on any atom is -0.361 e. The molecule has 2 aliphatic heterocycles. The van der Waals surface area contributed by atoms with Crippen molar-refractivity contribution in [2.24, 2.45) is 5.92 Å². The molecule has 2 heterocycles. The van der Waals surface area contributed by atoms with Crippen LogP contribution in [0, 0.1) is 5.92 Å². The Morgan fingerprint density at radius 3 is 2.67 bits per heavy atom. The van der Waals surface area contributed by atoms with E-state index in [4.69, 9.17) is 4.74 Å². The summed E-state index contributed by atoms with van der Waals surface area (Å²) in [5.41, 5.74) is 2.49. The van der Waals surface area contributed by atoms with Gasteiger partial charge in [0.25, 0.3) is 0 Å². The number of ether oxygens (including phenoxy) is 1. The van der Waals surface area contributed by atoms with Crippen LogP contribution in [0.15, 0.2) is 85.7 Å². The Morgan fingerprint density at radius 1 is 1.15 bits per heavy atom. The van der Waals surface area contributed by atoms with E-state index in [-0.39, 0.29) is 0 Å². The van der Waals surface area contributed by atoms with E-state index in [9.17, 15) is 0 Å². The van der Waals surface area contributed by atoms with Crippen molar-refractivity contribution in [1.29, 1.82) is 0 Å². The number of likely N-dealkylation sites (tertiary alicyclic amines) is 1. The third kappa shape index (κ3) is 6.23. The maximum atomic E-state index is 5.93. The molecule has 0 amide bonds. The van der Waals surface area contributed by atoms with E-state index < -0.39 is 0 Å². The zero-order valence-electron chi connectivity index (χ0n) is 16.7. The van der Waals surface area contributed by atoms with Gasteiger partial charge in [-0.2, -0.15) is 0 Å². The molecule has 27 heavy (non-hydrogen) atoms. The normalized spacial score (nSPS) is 25.0. The highest BCUT2D eigenvalue weighted by atomic mass is 16.5. The van der Waals surface area contributed by atoms with Crippen molar-refractivity contribution in [2.75, 3.05) is 33.0 Å². The van der Waals surface area contributed by atoms with E-state index >= 15 is 0 Å². The SMILES string of the molecule is C=C/C=C\C=C(/C=C)CCN1CCC2C(COCN2C(/C=C\C=C)=C/C)C1. The Hall–Kier alpha value is -2.10. The minimum absolute atomic E-state index is 0.552. The molecular weight excluding hydrogens is 332 g/mol. The largest absolute Gasteiger partial charge is 0.361 e. The van der Waals surface area contributed by atoms with Crippen LogP contribution >= 0.6 is 0 Å². The van der Waals surface area contributed by atoms with E-state index in [1.54, 1.807) is 6.08 Å². The van der Waals surface area contributed by atoms with Crippen molar-refractivity contribution in [1.82, 2.24) is 9.80 Å². The van der Waals surface area contributed by atoms with Crippen LogP contribution in [-0.2, 0) is 4.74 Å². The number of fused-ring (bicyclic) bond motifs is 1. The van der Waals surface area contributed by atoms with Gasteiger partial charge in [-0.15, -0.1) is 0 Å². The summed E-state index contributed by atoms with van der Waals surface area (Å²) in [7, 11) is 0. The highest BCUT2D eigenvalue weighted by Gasteiger charge is 2.36. The molecule has 2 rings (SSSR count). The molecule has 0 aromatic rings. The van der Waals surface area contributed by atoms with E-state index in [1.165, 1.54) is 17.7 Å². The van der Waals surface area contributed by atoms with Gasteiger partial charge in [-0.1, -0.05) is 68.3 Å². The molecule has 2 saturated heterocycles. The predicted octanol–water partition coefficient (Wildman–Crippen LogP) is 4.86. The van der Waals surface area contributed by atoms with Crippen LogP contribution in [0.1, 0.15) is 19.8 Å². The van der Waals surface area contributed by atoms with Crippen molar-refractivity contribution in [3.8, 4) is 0 Å². The van der Waals surface area contributed by atoms with E-state index in [0.29, 0.717) is 18.7 Å². The summed E-state index contributed by atoms with van der Waals surface area (Å²) < 4.78 is 5.93. The first-order valence-electron chi connectivity index (χ1n) is 9.86. The molecule has 0 spiro atoms. The summed E-state index contributed by atoms with van der Waals surface area (Å²) in [5, 5.41) is 0. The maximum Gasteiger partial charge on any atom is 0.119 e. The number of nitrogens with zero attached hydrogens (tertiary/aromatic N) is 2. The summed E-state index contributed by atoms with van der Waals surface area (Å²) in [6, 6.07) is 0.556. The minimum atomic E-state index is 0.552. The van der Waals surface area contributed by atoms with Gasteiger partial charge in [-0.3, -0.25) is 0 Å². The lowest BCUT2D eigenvalue weighted by molar-refractivity contribution is -0.0896. The monoisotopic (exact) mass is 366 g/mol. The second-order valence-electron chi connectivity index (χ2n) is 7.01. The first-order chi connectivity index (χ1) is 13.2. The third-order valence-electron chi connectivity index (χ3n) is 5.31. The summed E-state index contributed by atoms with van der Waals surface area (Å²) >= 11 is 0. The standard InChI is InChI=1S/C24H34N2O/c1-5-9-11-12-21(7-3)14-16-25-17-15-24-22(18-25)19-27-20-26(24)23(8-4)13-10-6-2/h5-13,22,24H,1-3,14-20H2,4H3/b11-9-,13-10-,21-12+,23-8+. The molecule has 0 radical (unpaired) electrons. The lowest BCUT2D eigenvalue weighted by atomic mass is 9.89. The molecule has 2 unspecified atom stereocenters. The molecule has 2 fully saturated rings. The first-order valence-corrected chi connectivity index (χ1v) is 9.86. The second kappa shape index (κ2) is 11.6. The van der Waals surface area contributed by atoms with Crippen molar-refractivity contribution < 1.29 is 4.74 Å². The molecule has 3 nitrogen and oxygen atoms in total. The zero-order chi connectivity index (χ0) is 19.5. The number of hydrogen-bond donors (Lipinski definition) is 0. The van der Waals surface area contributed by atoms with Crippen LogP contribution in [0.2, 0.25) is 0 Å². The molecule has 0 N–H and O–H groups in total. The Kier molecular flexibility index (Phi) is 9.09. The van der Waals surface area contributed by atoms with Crippen LogP contribution < -0.4 is 0 Å². The second-order valence-corrected chi connectivity index (χ2v) is 7.01. The summed E-state index contributed by atoms with van der Waals surface area (Å²) in [6.07, 6.45) is 20.2. The fraction of sp³-hybridized carbons (Fsp3) is 0.417. The first kappa shape index (κ1) is 21.2. The Balaban J connectivity index is 1.94. The van der Waals surface area contributed by atoms with Gasteiger partial charge in [0.15, 0.2) is 0 Å². The molecule has 0 aromatic heterocycles. The molecule has 2 atom stereocenters. The van der Waals surface area contributed by atoms with E-state index in [1.807, 2.05) is 30.4 Å². The quantitative estimate of drug-likeness (QED) is 0.542. The topological polar surface area (TPSA) is 15.7 Å². The van der Waals surface area contributed by atoms with Gasteiger partial charge in [-0.05, 0) is 31.4 Å². The lowest BCUT2D eigenvalue weighted by Crippen LogP contribution is -2.55. The molecule has 2 aliphatic rings. The van der Waals surface area contributed by atoms with Gasteiger partial charge < -0.3 is 14.5 Å². The van der Waals surface area contributed by atoms with Gasteiger partial charge in [0, 0.05) is 37.3 Å². The van der Waals surface area contributed by atoms with Crippen LogP contribution in [0.3, 0.4) is 0 Å². The fourth-order valence-electron chi connectivity index (χ4n) is 3.86. The zero-order valence-corrected chi connectivity index (χ0v) is 16.7. The Labute approximate surface area is 165 Å². The summed E-state index contributed by atoms with van der Waals surface area (Å²) in [4.78, 5) is 4.98. The van der Waals surface area contributed by atoms with Gasteiger partial charge in [0.2, 0.25) is 0 Å². The van der Waals surface area contributed by atoms with E-state index in [0.717, 1.165) is 32.7 Å². The molecular formula is C24H34N2O. The smallest absolute Gasteiger partial charge is 0.119 e. The molecule has 0 bridgehead atoms. The summed E-state index contributed by atoms with van der Waals surface area (Å²) in [5.74, 6) is 0.552. The maximum absolute atomic E-state index is 5.93. The van der Waals surface area contributed by atoms with Gasteiger partial charge in [0.05, 0.1) is 6.61 Å². The van der Waals surface area contributed by atoms with Crippen LogP contribution in [0.25, 0.3) is 0 Å². The van der Waals surface area contributed by atoms with Gasteiger partial charge in [0.1, 0.15) is 6.73 Å². The van der Waals surface area contributed by atoms with Crippen molar-refractivity contribution >= 4 is 0 Å². The number of piperidine rings is 1. The van der Waals surface area contributed by atoms with Gasteiger partial charge >= 0.3 is 0 Å². The van der Waals surface area contributed by atoms with Crippen LogP contribution in [0.5, 0.6) is 0 Å². The summed E-state index contributed by atoms with van der Waals surface area (Å²) in [6.45, 7) is 18.3. The third-order valence-corrected chi connectivity index (χ3v) is 5.31. The van der Waals surface area contributed by atoms with Crippen LogP contribution in [0.4, 0.5) is 0 Å². The molecule has 0 aromatic carbocycles. The van der Waals surface area contributed by atoms with E-state index in [2.05, 4.69) is 54.7 Å². The molecule has 0 saturated carbocycles. The Morgan fingerprint density at radius 2 is 1.96 bits per heavy atom. The van der Waals surface area contributed by atoms with Gasteiger partial charge in [-0.25, -0.2) is 0 Å². The number of allylic oxidation sites excluding steroid dienone is 9. The number of rotatable bonds is 9. The predicted molar refractivity (Wildman–Crippen MR) is 116 cm³/mol. The average Bonchev–Trinajstić information content (AvgIpc) is 2.71. The fourth-order valence-corrected chi connectivity index (χ4v) is 3.86. The molecule has 146 valence electrons. The van der Waals surface area contributed by atoms with Crippen LogP contribution in [-0.4, -0.2) is 48.8 Å². The molecule has 0 aliphatic carbocycles. The highest BCUT2D eigenvalue weighted by Crippen LogP contribution is 2.30.